The molecule has 0 fully saturated rings. The number of rotatable bonds is 5. The number of H-pyrrole nitrogens is 1. The molecule has 0 bridgehead atoms. The molecular formula is C17H18F3N3O3. The first-order valence-electron chi connectivity index (χ1n) is 7.73. The predicted octanol–water partition coefficient (Wildman–Crippen LogP) is 3.20. The lowest BCUT2D eigenvalue weighted by Gasteiger charge is -2.18. The summed E-state index contributed by atoms with van der Waals surface area (Å²) in [5.41, 5.74) is -0.192. The third-order valence-electron chi connectivity index (χ3n) is 3.87. The number of aromatic nitrogens is 2. The van der Waals surface area contributed by atoms with Gasteiger partial charge in [0.05, 0.1) is 11.5 Å². The first-order valence-corrected chi connectivity index (χ1v) is 7.73. The van der Waals surface area contributed by atoms with Crippen LogP contribution in [-0.2, 0) is 11.0 Å². The summed E-state index contributed by atoms with van der Waals surface area (Å²) in [6.07, 6.45) is -4.48. The van der Waals surface area contributed by atoms with E-state index in [4.69, 9.17) is 5.11 Å². The topological polar surface area (TPSA) is 86.3 Å². The summed E-state index contributed by atoms with van der Waals surface area (Å²) in [6.45, 7) is 3.03. The smallest absolute Gasteiger partial charge is 0.416 e. The lowest BCUT2D eigenvalue weighted by Crippen LogP contribution is -2.34. The van der Waals surface area contributed by atoms with Crippen LogP contribution in [0.2, 0.25) is 0 Å². The maximum absolute atomic E-state index is 12.8. The zero-order chi connectivity index (χ0) is 19.6. The Balaban J connectivity index is 2.29. The van der Waals surface area contributed by atoms with Crippen LogP contribution in [-0.4, -0.2) is 45.4 Å². The van der Waals surface area contributed by atoms with Crippen molar-refractivity contribution in [2.75, 3.05) is 13.6 Å². The molecule has 0 spiro atoms. The van der Waals surface area contributed by atoms with Gasteiger partial charge in [-0.25, -0.2) is 4.98 Å². The van der Waals surface area contributed by atoms with Crippen molar-refractivity contribution in [2.24, 2.45) is 5.92 Å². The Morgan fingerprint density at radius 1 is 1.35 bits per heavy atom. The molecule has 2 aromatic rings. The summed E-state index contributed by atoms with van der Waals surface area (Å²) in [5.74, 6) is -2.17. The molecule has 2 N–H and O–H groups in total. The highest BCUT2D eigenvalue weighted by Crippen LogP contribution is 2.31. The van der Waals surface area contributed by atoms with E-state index in [9.17, 15) is 22.8 Å². The molecule has 26 heavy (non-hydrogen) atoms. The fourth-order valence-electron chi connectivity index (χ4n) is 2.40. The maximum atomic E-state index is 12.8. The summed E-state index contributed by atoms with van der Waals surface area (Å²) in [7, 11) is 1.44. The molecular weight excluding hydrogens is 351 g/mol. The minimum absolute atomic E-state index is 0.0145. The maximum Gasteiger partial charge on any atom is 0.416 e. The van der Waals surface area contributed by atoms with Crippen molar-refractivity contribution < 1.29 is 27.9 Å². The van der Waals surface area contributed by atoms with E-state index in [1.54, 1.807) is 6.92 Å². The van der Waals surface area contributed by atoms with Gasteiger partial charge in [0.15, 0.2) is 0 Å². The number of halogens is 3. The number of carboxylic acid groups (broad SMARTS) is 1. The number of aliphatic carboxylic acids is 1. The van der Waals surface area contributed by atoms with Crippen LogP contribution in [0.1, 0.15) is 28.7 Å². The number of benzene rings is 1. The van der Waals surface area contributed by atoms with E-state index in [2.05, 4.69) is 9.97 Å². The first-order chi connectivity index (χ1) is 12.0. The van der Waals surface area contributed by atoms with Crippen LogP contribution >= 0.6 is 0 Å². The number of amides is 1. The minimum atomic E-state index is -4.48. The van der Waals surface area contributed by atoms with Gasteiger partial charge in [0.25, 0.3) is 5.91 Å². The Morgan fingerprint density at radius 3 is 2.58 bits per heavy atom. The van der Waals surface area contributed by atoms with Gasteiger partial charge in [-0.2, -0.15) is 13.2 Å². The standard InChI is InChI=1S/C17H18F3N3O3/c1-9(16(25)26)8-23(3)15(24)13-10(2)21-14(22-13)11-5-4-6-12(7-11)17(18,19)20/h4-7,9H,8H2,1-3H3,(H,21,22)(H,25,26). The number of hydrogen-bond acceptors (Lipinski definition) is 3. The lowest BCUT2D eigenvalue weighted by molar-refractivity contribution is -0.141. The normalized spacial score (nSPS) is 12.7. The molecule has 2 rings (SSSR count). The van der Waals surface area contributed by atoms with Gasteiger partial charge >= 0.3 is 12.1 Å². The van der Waals surface area contributed by atoms with Crippen LogP contribution in [0.5, 0.6) is 0 Å². The Bertz CT molecular complexity index is 830. The molecule has 9 heteroatoms. The van der Waals surface area contributed by atoms with Crippen molar-refractivity contribution >= 4 is 11.9 Å². The number of aryl methyl sites for hydroxylation is 1. The van der Waals surface area contributed by atoms with Crippen molar-refractivity contribution in [1.82, 2.24) is 14.9 Å². The van der Waals surface area contributed by atoms with Crippen LogP contribution < -0.4 is 0 Å². The molecule has 0 aliphatic heterocycles. The van der Waals surface area contributed by atoms with Crippen molar-refractivity contribution in [1.29, 1.82) is 0 Å². The highest BCUT2D eigenvalue weighted by molar-refractivity contribution is 5.94. The summed E-state index contributed by atoms with van der Waals surface area (Å²) in [6, 6.07) is 4.62. The van der Waals surface area contributed by atoms with Crippen LogP contribution in [0.4, 0.5) is 13.2 Å². The zero-order valence-corrected chi connectivity index (χ0v) is 14.4. The zero-order valence-electron chi connectivity index (χ0n) is 14.4. The van der Waals surface area contributed by atoms with Gasteiger partial charge in [-0.15, -0.1) is 0 Å². The van der Waals surface area contributed by atoms with Crippen molar-refractivity contribution in [3.8, 4) is 11.4 Å². The Kier molecular flexibility index (Phi) is 5.38. The number of aromatic amines is 1. The number of carbonyl (C=O) groups excluding carboxylic acids is 1. The summed E-state index contributed by atoms with van der Waals surface area (Å²) < 4.78 is 38.5. The molecule has 1 amide bonds. The molecule has 0 saturated carbocycles. The van der Waals surface area contributed by atoms with Gasteiger partial charge < -0.3 is 15.0 Å². The fourth-order valence-corrected chi connectivity index (χ4v) is 2.40. The van der Waals surface area contributed by atoms with Crippen LogP contribution in [0.25, 0.3) is 11.4 Å². The molecule has 0 aliphatic carbocycles. The largest absolute Gasteiger partial charge is 0.481 e. The number of nitrogens with zero attached hydrogens (tertiary/aromatic N) is 2. The molecule has 1 aromatic heterocycles. The number of carboxylic acids is 1. The number of nitrogens with one attached hydrogen (secondary N) is 1. The van der Waals surface area contributed by atoms with Gasteiger partial charge in [-0.3, -0.25) is 9.59 Å². The third-order valence-corrected chi connectivity index (χ3v) is 3.87. The number of alkyl halides is 3. The van der Waals surface area contributed by atoms with Crippen molar-refractivity contribution in [3.63, 3.8) is 0 Å². The van der Waals surface area contributed by atoms with Gasteiger partial charge in [-0.05, 0) is 19.1 Å². The molecule has 6 nitrogen and oxygen atoms in total. The summed E-state index contributed by atoms with van der Waals surface area (Å²) in [5, 5.41) is 8.93. The Morgan fingerprint density at radius 2 is 2.00 bits per heavy atom. The molecule has 1 heterocycles. The van der Waals surface area contributed by atoms with Gasteiger partial charge in [0.1, 0.15) is 11.5 Å². The van der Waals surface area contributed by atoms with E-state index in [1.165, 1.54) is 31.0 Å². The van der Waals surface area contributed by atoms with E-state index in [0.29, 0.717) is 5.69 Å². The first kappa shape index (κ1) is 19.5. The van der Waals surface area contributed by atoms with Crippen LogP contribution in [0.15, 0.2) is 24.3 Å². The van der Waals surface area contributed by atoms with Gasteiger partial charge in [-0.1, -0.05) is 19.1 Å². The summed E-state index contributed by atoms with van der Waals surface area (Å²) in [4.78, 5) is 31.5. The molecule has 0 aliphatic rings. The molecule has 1 atom stereocenters. The lowest BCUT2D eigenvalue weighted by atomic mass is 10.1. The van der Waals surface area contributed by atoms with Crippen LogP contribution in [0.3, 0.4) is 0 Å². The Hall–Kier alpha value is -2.84. The molecule has 0 radical (unpaired) electrons. The highest BCUT2D eigenvalue weighted by Gasteiger charge is 2.31. The average Bonchev–Trinajstić information content (AvgIpc) is 2.95. The predicted molar refractivity (Wildman–Crippen MR) is 87.5 cm³/mol. The fraction of sp³-hybridized carbons (Fsp3) is 0.353. The van der Waals surface area contributed by atoms with Crippen molar-refractivity contribution in [3.05, 3.63) is 41.2 Å². The van der Waals surface area contributed by atoms with E-state index >= 15 is 0 Å². The second-order valence-electron chi connectivity index (χ2n) is 6.06. The number of hydrogen-bond donors (Lipinski definition) is 2. The molecule has 1 aromatic carbocycles. The van der Waals surface area contributed by atoms with E-state index in [0.717, 1.165) is 12.1 Å². The third kappa shape index (κ3) is 4.22. The number of imidazole rings is 1. The van der Waals surface area contributed by atoms with E-state index in [-0.39, 0.29) is 23.6 Å². The monoisotopic (exact) mass is 369 g/mol. The van der Waals surface area contributed by atoms with Gasteiger partial charge in [0.2, 0.25) is 0 Å². The van der Waals surface area contributed by atoms with Crippen molar-refractivity contribution in [2.45, 2.75) is 20.0 Å². The minimum Gasteiger partial charge on any atom is -0.481 e. The molecule has 1 unspecified atom stereocenters. The molecule has 0 saturated heterocycles. The second-order valence-corrected chi connectivity index (χ2v) is 6.06. The number of carbonyl (C=O) groups is 2. The SMILES string of the molecule is Cc1[nH]c(-c2cccc(C(F)(F)F)c2)nc1C(=O)N(C)CC(C)C(=O)O. The van der Waals surface area contributed by atoms with Crippen LogP contribution in [0, 0.1) is 12.8 Å². The van der Waals surface area contributed by atoms with E-state index < -0.39 is 29.5 Å². The summed E-state index contributed by atoms with van der Waals surface area (Å²) >= 11 is 0. The Labute approximate surface area is 147 Å². The van der Waals surface area contributed by atoms with E-state index in [1.807, 2.05) is 0 Å². The second kappa shape index (κ2) is 7.19. The quantitative estimate of drug-likeness (QED) is 0.847. The highest BCUT2D eigenvalue weighted by atomic mass is 19.4. The molecule has 140 valence electrons. The average molecular weight is 369 g/mol. The van der Waals surface area contributed by atoms with Gasteiger partial charge in [0, 0.05) is 24.8 Å².